The van der Waals surface area contributed by atoms with Crippen molar-refractivity contribution in [2.75, 3.05) is 4.90 Å². The van der Waals surface area contributed by atoms with Crippen LogP contribution in [-0.2, 0) is 10.8 Å². The van der Waals surface area contributed by atoms with Gasteiger partial charge in [-0.2, -0.15) is 0 Å². The third-order valence-electron chi connectivity index (χ3n) is 10.4. The fourth-order valence-corrected chi connectivity index (χ4v) is 6.92. The van der Waals surface area contributed by atoms with Gasteiger partial charge in [-0.3, -0.25) is 0 Å². The molecule has 0 heterocycles. The molecular formula is C53H53NO2. The lowest BCUT2D eigenvalue weighted by Gasteiger charge is -2.28. The molecule has 0 unspecified atom stereocenters. The van der Waals surface area contributed by atoms with E-state index in [1.165, 1.54) is 22.3 Å². The first-order valence-corrected chi connectivity index (χ1v) is 19.6. The van der Waals surface area contributed by atoms with Gasteiger partial charge in [0.1, 0.15) is 23.0 Å². The summed E-state index contributed by atoms with van der Waals surface area (Å²) in [5.41, 5.74) is 13.0. The molecule has 0 aromatic heterocycles. The van der Waals surface area contributed by atoms with Crippen LogP contribution in [0, 0.1) is 20.8 Å². The molecule has 3 nitrogen and oxygen atoms in total. The molecule has 0 aliphatic rings. The van der Waals surface area contributed by atoms with Gasteiger partial charge in [0.15, 0.2) is 0 Å². The van der Waals surface area contributed by atoms with E-state index in [4.69, 9.17) is 9.47 Å². The topological polar surface area (TPSA) is 21.7 Å². The molecule has 0 fully saturated rings. The molecule has 7 aromatic carbocycles. The van der Waals surface area contributed by atoms with Gasteiger partial charge < -0.3 is 14.4 Å². The normalized spacial score (nSPS) is 11.7. The Morgan fingerprint density at radius 2 is 0.750 bits per heavy atom. The molecule has 56 heavy (non-hydrogen) atoms. The highest BCUT2D eigenvalue weighted by atomic mass is 16.5. The second-order valence-electron chi connectivity index (χ2n) is 16.9. The van der Waals surface area contributed by atoms with E-state index in [2.05, 4.69) is 225 Å². The highest BCUT2D eigenvalue weighted by Gasteiger charge is 2.23. The summed E-state index contributed by atoms with van der Waals surface area (Å²) >= 11 is 0. The smallest absolute Gasteiger partial charge is 0.136 e. The summed E-state index contributed by atoms with van der Waals surface area (Å²) in [6.07, 6.45) is 0. The van der Waals surface area contributed by atoms with Gasteiger partial charge in [0.2, 0.25) is 0 Å². The van der Waals surface area contributed by atoms with Gasteiger partial charge in [-0.1, -0.05) is 150 Å². The second kappa shape index (κ2) is 15.6. The average Bonchev–Trinajstić information content (AvgIpc) is 3.18. The van der Waals surface area contributed by atoms with Crippen molar-refractivity contribution >= 4 is 17.1 Å². The molecule has 282 valence electrons. The van der Waals surface area contributed by atoms with E-state index < -0.39 is 0 Å². The van der Waals surface area contributed by atoms with Gasteiger partial charge in [-0.05, 0) is 102 Å². The van der Waals surface area contributed by atoms with Crippen LogP contribution in [0.4, 0.5) is 17.1 Å². The van der Waals surface area contributed by atoms with Crippen molar-refractivity contribution in [3.63, 3.8) is 0 Å². The van der Waals surface area contributed by atoms with Crippen molar-refractivity contribution in [1.29, 1.82) is 0 Å². The zero-order valence-corrected chi connectivity index (χ0v) is 34.3. The highest BCUT2D eigenvalue weighted by Crippen LogP contribution is 2.46. The Hall–Kier alpha value is -6.06. The van der Waals surface area contributed by atoms with Crippen LogP contribution in [0.25, 0.3) is 22.3 Å². The van der Waals surface area contributed by atoms with Crippen LogP contribution in [0.15, 0.2) is 158 Å². The van der Waals surface area contributed by atoms with Gasteiger partial charge in [0.25, 0.3) is 0 Å². The molecule has 7 aromatic rings. The van der Waals surface area contributed by atoms with E-state index >= 15 is 0 Å². The Morgan fingerprint density at radius 3 is 1.11 bits per heavy atom. The maximum atomic E-state index is 7.11. The van der Waals surface area contributed by atoms with E-state index in [9.17, 15) is 0 Å². The predicted molar refractivity (Wildman–Crippen MR) is 237 cm³/mol. The number of nitrogens with zero attached hydrogens (tertiary/aromatic N) is 1. The number of rotatable bonds is 9. The zero-order chi connectivity index (χ0) is 39.6. The lowest BCUT2D eigenvalue weighted by Crippen LogP contribution is -2.12. The fraction of sp³-hybridized carbons (Fsp3) is 0.208. The first-order valence-electron chi connectivity index (χ1n) is 19.6. The lowest BCUT2D eigenvalue weighted by molar-refractivity contribution is 0.455. The van der Waals surface area contributed by atoms with Crippen LogP contribution < -0.4 is 14.4 Å². The largest absolute Gasteiger partial charge is 0.456 e. The van der Waals surface area contributed by atoms with Crippen molar-refractivity contribution in [3.8, 4) is 45.3 Å². The van der Waals surface area contributed by atoms with Crippen LogP contribution in [0.5, 0.6) is 23.0 Å². The average molecular weight is 736 g/mol. The van der Waals surface area contributed by atoms with Crippen LogP contribution in [0.2, 0.25) is 0 Å². The van der Waals surface area contributed by atoms with Crippen LogP contribution >= 0.6 is 0 Å². The third kappa shape index (κ3) is 8.43. The minimum atomic E-state index is -0.0273. The Morgan fingerprint density at radius 1 is 0.375 bits per heavy atom. The number of aryl methyl sites for hydroxylation is 2. The molecule has 0 spiro atoms. The van der Waals surface area contributed by atoms with Gasteiger partial charge in [-0.15, -0.1) is 0 Å². The molecule has 0 saturated heterocycles. The Kier molecular flexibility index (Phi) is 10.6. The monoisotopic (exact) mass is 735 g/mol. The van der Waals surface area contributed by atoms with Crippen LogP contribution in [-0.4, -0.2) is 0 Å². The van der Waals surface area contributed by atoms with E-state index in [0.29, 0.717) is 0 Å². The molecule has 0 amide bonds. The predicted octanol–water partition coefficient (Wildman–Crippen LogP) is 15.6. The van der Waals surface area contributed by atoms with E-state index in [0.717, 1.165) is 67.9 Å². The van der Waals surface area contributed by atoms with Gasteiger partial charge in [-0.25, -0.2) is 0 Å². The molecule has 0 radical (unpaired) electrons. The van der Waals surface area contributed by atoms with Gasteiger partial charge in [0, 0.05) is 40.2 Å². The van der Waals surface area contributed by atoms with Gasteiger partial charge in [0.05, 0.1) is 5.69 Å². The Balaban J connectivity index is 1.44. The Bertz CT molecular complexity index is 2260. The summed E-state index contributed by atoms with van der Waals surface area (Å²) in [6.45, 7) is 19.8. The number of hydrogen-bond donors (Lipinski definition) is 0. The quantitative estimate of drug-likeness (QED) is 0.147. The number of ether oxygens (including phenoxy) is 2. The maximum absolute atomic E-state index is 7.11. The minimum Gasteiger partial charge on any atom is -0.456 e. The SMILES string of the molecule is Cc1ccc(N(c2ccc(C)cc2)c2cc(Oc3ccc(C(C)(C)C)cc3-c3ccccc3)c(C)c(Oc3ccc(C(C)(C)C)cc3-c3ccccc3)c2)cc1. The summed E-state index contributed by atoms with van der Waals surface area (Å²) in [7, 11) is 0. The maximum Gasteiger partial charge on any atom is 0.136 e. The fourth-order valence-electron chi connectivity index (χ4n) is 6.92. The molecular weight excluding hydrogens is 683 g/mol. The second-order valence-corrected chi connectivity index (χ2v) is 16.9. The summed E-state index contributed by atoms with van der Waals surface area (Å²) in [5, 5.41) is 0. The van der Waals surface area contributed by atoms with Crippen molar-refractivity contribution in [2.24, 2.45) is 0 Å². The summed E-state index contributed by atoms with van der Waals surface area (Å²) in [5.74, 6) is 3.00. The first kappa shape index (κ1) is 38.2. The molecule has 7 rings (SSSR count). The first-order chi connectivity index (χ1) is 26.7. The number of benzene rings is 7. The van der Waals surface area contributed by atoms with Crippen molar-refractivity contribution in [2.45, 2.75) is 73.1 Å². The third-order valence-corrected chi connectivity index (χ3v) is 10.4. The Labute approximate surface area is 334 Å². The van der Waals surface area contributed by atoms with E-state index in [1.54, 1.807) is 0 Å². The summed E-state index contributed by atoms with van der Waals surface area (Å²) in [6, 6.07) is 55.8. The van der Waals surface area contributed by atoms with Crippen molar-refractivity contribution in [3.05, 3.63) is 186 Å². The van der Waals surface area contributed by atoms with E-state index in [-0.39, 0.29) is 10.8 Å². The van der Waals surface area contributed by atoms with Gasteiger partial charge >= 0.3 is 0 Å². The molecule has 0 saturated carbocycles. The van der Waals surface area contributed by atoms with Crippen molar-refractivity contribution in [1.82, 2.24) is 0 Å². The highest BCUT2D eigenvalue weighted by molar-refractivity contribution is 5.80. The standard InChI is InChI=1S/C53H53NO2/c1-36-20-26-43(27-21-36)54(44-28-22-37(2)23-29-44)45-34-50(55-48-30-24-41(52(4,5)6)32-46(48)39-16-12-10-13-17-39)38(3)51(35-45)56-49-31-25-42(53(7,8)9)33-47(49)40-18-14-11-15-19-40/h10-35H,1-9H3. The number of anilines is 3. The zero-order valence-electron chi connectivity index (χ0n) is 34.3. The molecule has 0 bridgehead atoms. The van der Waals surface area contributed by atoms with Crippen LogP contribution in [0.3, 0.4) is 0 Å². The summed E-state index contributed by atoms with van der Waals surface area (Å²) in [4.78, 5) is 2.28. The molecule has 0 atom stereocenters. The van der Waals surface area contributed by atoms with Crippen molar-refractivity contribution < 1.29 is 9.47 Å². The van der Waals surface area contributed by atoms with Crippen LogP contribution in [0.1, 0.15) is 69.4 Å². The molecule has 0 N–H and O–H groups in total. The molecule has 0 aliphatic carbocycles. The minimum absolute atomic E-state index is 0.0273. The summed E-state index contributed by atoms with van der Waals surface area (Å²) < 4.78 is 14.2. The molecule has 3 heteroatoms. The molecule has 0 aliphatic heterocycles. The number of hydrogen-bond acceptors (Lipinski definition) is 3. The van der Waals surface area contributed by atoms with E-state index in [1.807, 2.05) is 0 Å². The lowest BCUT2D eigenvalue weighted by atomic mass is 9.85.